The molecular weight excluding hydrogens is 286 g/mol. The van der Waals surface area contributed by atoms with E-state index >= 15 is 0 Å². The summed E-state index contributed by atoms with van der Waals surface area (Å²) in [6.45, 7) is 5.79. The highest BCUT2D eigenvalue weighted by Gasteiger charge is 2.40. The molecule has 0 spiro atoms. The predicted molar refractivity (Wildman–Crippen MR) is 91.6 cm³/mol. The fourth-order valence-corrected chi connectivity index (χ4v) is 3.30. The van der Waals surface area contributed by atoms with Gasteiger partial charge in [-0.2, -0.15) is 0 Å². The van der Waals surface area contributed by atoms with Crippen molar-refractivity contribution in [2.24, 2.45) is 5.41 Å². The molecular formula is C20H21NO2. The Bertz CT molecular complexity index is 800. The number of carbonyl (C=O) groups is 2. The third-order valence-electron chi connectivity index (χ3n) is 4.43. The molecule has 0 aromatic heterocycles. The van der Waals surface area contributed by atoms with Gasteiger partial charge in [-0.15, -0.1) is 0 Å². The third kappa shape index (κ3) is 2.37. The first-order valence-electron chi connectivity index (χ1n) is 7.85. The largest absolute Gasteiger partial charge is 0.355 e. The number of hydrogen-bond donors (Lipinski definition) is 1. The minimum atomic E-state index is -0.477. The number of hydrogen-bond acceptors (Lipinski definition) is 2. The van der Waals surface area contributed by atoms with Crippen LogP contribution in [0, 0.1) is 5.41 Å². The van der Waals surface area contributed by atoms with Gasteiger partial charge in [0.2, 0.25) is 0 Å². The molecule has 3 heteroatoms. The SMILES string of the molecule is CNC(=O)c1cccc2c1[C@H](C(=O)C(C)(C)C)c1ccccc1-2. The van der Waals surface area contributed by atoms with Crippen LogP contribution < -0.4 is 5.32 Å². The van der Waals surface area contributed by atoms with Gasteiger partial charge in [-0.3, -0.25) is 9.59 Å². The van der Waals surface area contributed by atoms with Crippen LogP contribution in [0.5, 0.6) is 0 Å². The topological polar surface area (TPSA) is 46.2 Å². The summed E-state index contributed by atoms with van der Waals surface area (Å²) in [5.41, 5.74) is 3.99. The van der Waals surface area contributed by atoms with Crippen molar-refractivity contribution in [2.45, 2.75) is 26.7 Å². The van der Waals surface area contributed by atoms with Crippen molar-refractivity contribution in [1.29, 1.82) is 0 Å². The van der Waals surface area contributed by atoms with Gasteiger partial charge in [-0.25, -0.2) is 0 Å². The molecule has 0 fully saturated rings. The lowest BCUT2D eigenvalue weighted by Crippen LogP contribution is -2.28. The van der Waals surface area contributed by atoms with Crippen LogP contribution in [0.2, 0.25) is 0 Å². The first kappa shape index (κ1) is 15.5. The van der Waals surface area contributed by atoms with Gasteiger partial charge in [0.15, 0.2) is 0 Å². The zero-order valence-corrected chi connectivity index (χ0v) is 13.9. The normalized spacial score (nSPS) is 15.7. The molecule has 1 amide bonds. The van der Waals surface area contributed by atoms with Gasteiger partial charge in [0.1, 0.15) is 5.78 Å². The summed E-state index contributed by atoms with van der Waals surface area (Å²) in [4.78, 5) is 25.4. The van der Waals surface area contributed by atoms with E-state index in [9.17, 15) is 9.59 Å². The highest BCUT2D eigenvalue weighted by molar-refractivity contribution is 6.06. The van der Waals surface area contributed by atoms with Gasteiger partial charge in [0.25, 0.3) is 5.91 Å². The second-order valence-electron chi connectivity index (χ2n) is 6.98. The summed E-state index contributed by atoms with van der Waals surface area (Å²) in [6.07, 6.45) is 0. The average Bonchev–Trinajstić information content (AvgIpc) is 2.87. The van der Waals surface area contributed by atoms with Crippen molar-refractivity contribution >= 4 is 11.7 Å². The van der Waals surface area contributed by atoms with Crippen LogP contribution in [0.25, 0.3) is 11.1 Å². The molecule has 2 aromatic carbocycles. The lowest BCUT2D eigenvalue weighted by Gasteiger charge is -2.24. The predicted octanol–water partition coefficient (Wildman–Crippen LogP) is 3.77. The van der Waals surface area contributed by atoms with Crippen LogP contribution in [-0.2, 0) is 4.79 Å². The number of Topliss-reactive ketones (excluding diaryl/α,β-unsaturated/α-hetero) is 1. The van der Waals surface area contributed by atoms with E-state index in [-0.39, 0.29) is 17.6 Å². The highest BCUT2D eigenvalue weighted by atomic mass is 16.1. The maximum absolute atomic E-state index is 13.1. The second kappa shape index (κ2) is 5.34. The fraction of sp³-hybridized carbons (Fsp3) is 0.300. The minimum Gasteiger partial charge on any atom is -0.355 e. The molecule has 1 aliphatic carbocycles. The lowest BCUT2D eigenvalue weighted by molar-refractivity contribution is -0.126. The fourth-order valence-electron chi connectivity index (χ4n) is 3.30. The molecule has 2 aromatic rings. The molecule has 0 unspecified atom stereocenters. The number of benzene rings is 2. The van der Waals surface area contributed by atoms with Gasteiger partial charge in [-0.05, 0) is 28.3 Å². The molecule has 0 bridgehead atoms. The van der Waals surface area contributed by atoms with E-state index in [2.05, 4.69) is 5.32 Å². The van der Waals surface area contributed by atoms with Crippen molar-refractivity contribution in [3.8, 4) is 11.1 Å². The lowest BCUT2D eigenvalue weighted by atomic mass is 9.77. The molecule has 0 saturated heterocycles. The van der Waals surface area contributed by atoms with E-state index in [1.54, 1.807) is 13.1 Å². The van der Waals surface area contributed by atoms with Crippen molar-refractivity contribution in [3.63, 3.8) is 0 Å². The Hall–Kier alpha value is -2.42. The number of rotatable bonds is 2. The van der Waals surface area contributed by atoms with Crippen molar-refractivity contribution in [3.05, 3.63) is 59.2 Å². The van der Waals surface area contributed by atoms with Crippen molar-refractivity contribution in [2.75, 3.05) is 7.05 Å². The first-order chi connectivity index (χ1) is 10.9. The van der Waals surface area contributed by atoms with Crippen LogP contribution in [0.4, 0.5) is 0 Å². The van der Waals surface area contributed by atoms with E-state index in [4.69, 9.17) is 0 Å². The summed E-state index contributed by atoms with van der Waals surface area (Å²) >= 11 is 0. The van der Waals surface area contributed by atoms with Gasteiger partial charge in [-0.1, -0.05) is 57.2 Å². The van der Waals surface area contributed by atoms with Crippen LogP contribution >= 0.6 is 0 Å². The van der Waals surface area contributed by atoms with Crippen molar-refractivity contribution < 1.29 is 9.59 Å². The van der Waals surface area contributed by atoms with Gasteiger partial charge >= 0.3 is 0 Å². The first-order valence-corrected chi connectivity index (χ1v) is 7.85. The van der Waals surface area contributed by atoms with Gasteiger partial charge in [0.05, 0.1) is 5.92 Å². The molecule has 1 aliphatic rings. The molecule has 118 valence electrons. The van der Waals surface area contributed by atoms with E-state index in [0.717, 1.165) is 22.3 Å². The second-order valence-corrected chi connectivity index (χ2v) is 6.98. The van der Waals surface area contributed by atoms with Crippen LogP contribution in [0.1, 0.15) is 48.2 Å². The van der Waals surface area contributed by atoms with E-state index in [1.165, 1.54) is 0 Å². The number of nitrogens with one attached hydrogen (secondary N) is 1. The molecule has 0 aliphatic heterocycles. The Morgan fingerprint density at radius 3 is 2.26 bits per heavy atom. The molecule has 1 N–H and O–H groups in total. The Labute approximate surface area is 136 Å². The molecule has 1 atom stereocenters. The summed E-state index contributed by atoms with van der Waals surface area (Å²) in [7, 11) is 1.62. The Kier molecular flexibility index (Phi) is 3.59. The average molecular weight is 307 g/mol. The molecule has 3 nitrogen and oxygen atoms in total. The van der Waals surface area contributed by atoms with Crippen molar-refractivity contribution in [1.82, 2.24) is 5.32 Å². The quantitative estimate of drug-likeness (QED) is 0.918. The Morgan fingerprint density at radius 1 is 0.957 bits per heavy atom. The number of carbonyl (C=O) groups excluding carboxylic acids is 2. The standard InChI is InChI=1S/C20H21NO2/c1-20(2,3)18(22)17-14-9-6-5-8-12(14)13-10-7-11-15(16(13)17)19(23)21-4/h5-11,17H,1-4H3,(H,21,23)/t17-/m1/s1. The summed E-state index contributed by atoms with van der Waals surface area (Å²) in [5.74, 6) is -0.392. The zero-order chi connectivity index (χ0) is 16.8. The smallest absolute Gasteiger partial charge is 0.251 e. The van der Waals surface area contributed by atoms with E-state index in [0.29, 0.717) is 5.56 Å². The van der Waals surface area contributed by atoms with Crippen LogP contribution in [0.15, 0.2) is 42.5 Å². The maximum Gasteiger partial charge on any atom is 0.251 e. The molecule has 0 radical (unpaired) electrons. The molecule has 3 rings (SSSR count). The van der Waals surface area contributed by atoms with E-state index in [1.807, 2.05) is 57.2 Å². The minimum absolute atomic E-state index is 0.139. The summed E-state index contributed by atoms with van der Waals surface area (Å²) in [5, 5.41) is 2.69. The Morgan fingerprint density at radius 2 is 1.61 bits per heavy atom. The summed E-state index contributed by atoms with van der Waals surface area (Å²) < 4.78 is 0. The molecule has 23 heavy (non-hydrogen) atoms. The van der Waals surface area contributed by atoms with Gasteiger partial charge < -0.3 is 5.32 Å². The third-order valence-corrected chi connectivity index (χ3v) is 4.43. The number of amides is 1. The molecule has 0 saturated carbocycles. The van der Waals surface area contributed by atoms with Gasteiger partial charge in [0, 0.05) is 18.0 Å². The zero-order valence-electron chi connectivity index (χ0n) is 13.9. The Balaban J connectivity index is 2.31. The molecule has 0 heterocycles. The van der Waals surface area contributed by atoms with Crippen LogP contribution in [-0.4, -0.2) is 18.7 Å². The highest BCUT2D eigenvalue weighted by Crippen LogP contribution is 2.48. The van der Waals surface area contributed by atoms with E-state index < -0.39 is 5.41 Å². The monoisotopic (exact) mass is 307 g/mol. The van der Waals surface area contributed by atoms with Crippen LogP contribution in [0.3, 0.4) is 0 Å². The number of fused-ring (bicyclic) bond motifs is 3. The maximum atomic E-state index is 13.1. The number of ketones is 1. The summed E-state index contributed by atoms with van der Waals surface area (Å²) in [6, 6.07) is 13.6.